The van der Waals surface area contributed by atoms with Crippen molar-refractivity contribution in [1.82, 2.24) is 15.0 Å². The first kappa shape index (κ1) is 14.6. The third kappa shape index (κ3) is 2.57. The molecule has 4 rings (SSSR count). The van der Waals surface area contributed by atoms with Crippen molar-refractivity contribution in [2.24, 2.45) is 0 Å². The van der Waals surface area contributed by atoms with Gasteiger partial charge in [0.25, 0.3) is 5.91 Å². The van der Waals surface area contributed by atoms with Crippen LogP contribution in [-0.2, 0) is 0 Å². The van der Waals surface area contributed by atoms with E-state index in [2.05, 4.69) is 10.1 Å². The van der Waals surface area contributed by atoms with Gasteiger partial charge in [0.15, 0.2) is 0 Å². The van der Waals surface area contributed by atoms with Gasteiger partial charge in [-0.1, -0.05) is 11.2 Å². The second-order valence-electron chi connectivity index (χ2n) is 5.53. The molecule has 3 heterocycles. The quantitative estimate of drug-likeness (QED) is 0.734. The van der Waals surface area contributed by atoms with Gasteiger partial charge in [-0.25, -0.2) is 0 Å². The van der Waals surface area contributed by atoms with Crippen molar-refractivity contribution in [1.29, 1.82) is 5.26 Å². The average Bonchev–Trinajstić information content (AvgIpc) is 3.25. The molecule has 1 fully saturated rings. The van der Waals surface area contributed by atoms with Gasteiger partial charge >= 0.3 is 0 Å². The highest BCUT2D eigenvalue weighted by Crippen LogP contribution is 2.29. The Kier molecular flexibility index (Phi) is 3.59. The minimum Gasteiger partial charge on any atom is -0.339 e. The van der Waals surface area contributed by atoms with Gasteiger partial charge in [-0.05, 0) is 35.7 Å². The summed E-state index contributed by atoms with van der Waals surface area (Å²) in [6, 6.07) is 12.6. The smallest absolute Gasteiger partial charge is 0.253 e. The zero-order chi connectivity index (χ0) is 16.5. The third-order valence-electron chi connectivity index (χ3n) is 3.96. The summed E-state index contributed by atoms with van der Waals surface area (Å²) in [6.45, 7) is 1.12. The molecule has 1 aliphatic heterocycles. The predicted octanol–water partition coefficient (Wildman–Crippen LogP) is 2.91. The molecule has 3 aromatic rings. The van der Waals surface area contributed by atoms with Gasteiger partial charge in [0, 0.05) is 18.7 Å². The van der Waals surface area contributed by atoms with E-state index in [0.29, 0.717) is 35.9 Å². The molecule has 0 atom stereocenters. The molecule has 118 valence electrons. The Balaban J connectivity index is 1.41. The van der Waals surface area contributed by atoms with Crippen LogP contribution in [0.1, 0.15) is 27.7 Å². The summed E-state index contributed by atoms with van der Waals surface area (Å²) in [4.78, 5) is 19.5. The molecule has 0 spiro atoms. The molecule has 0 bridgehead atoms. The number of rotatable bonds is 3. The number of nitrogens with zero attached hydrogens (tertiary/aromatic N) is 4. The Bertz CT molecular complexity index is 903. The van der Waals surface area contributed by atoms with Crippen molar-refractivity contribution in [3.63, 3.8) is 0 Å². The summed E-state index contributed by atoms with van der Waals surface area (Å²) in [5, 5.41) is 14.8. The standard InChI is InChI=1S/C17H12N4O2S/c18-8-11-3-5-12(6-4-11)17(22)21-9-13(10-21)16-19-15(20-23-16)14-2-1-7-24-14/h1-7,13H,9-10H2. The predicted molar refractivity (Wildman–Crippen MR) is 87.4 cm³/mol. The molecule has 1 aromatic carbocycles. The number of carbonyl (C=O) groups is 1. The second-order valence-corrected chi connectivity index (χ2v) is 6.48. The molecule has 1 amide bonds. The lowest BCUT2D eigenvalue weighted by Crippen LogP contribution is -2.48. The molecule has 1 aliphatic rings. The van der Waals surface area contributed by atoms with Crippen molar-refractivity contribution in [2.45, 2.75) is 5.92 Å². The zero-order valence-corrected chi connectivity index (χ0v) is 13.4. The first-order chi connectivity index (χ1) is 11.7. The molecule has 0 saturated carbocycles. The van der Waals surface area contributed by atoms with E-state index in [-0.39, 0.29) is 11.8 Å². The van der Waals surface area contributed by atoms with Crippen LogP contribution in [0.2, 0.25) is 0 Å². The van der Waals surface area contributed by atoms with Gasteiger partial charge in [-0.3, -0.25) is 4.79 Å². The van der Waals surface area contributed by atoms with E-state index in [4.69, 9.17) is 9.78 Å². The number of hydrogen-bond donors (Lipinski definition) is 0. The first-order valence-corrected chi connectivity index (χ1v) is 8.29. The molecule has 2 aromatic heterocycles. The largest absolute Gasteiger partial charge is 0.339 e. The summed E-state index contributed by atoms with van der Waals surface area (Å²) < 4.78 is 5.33. The van der Waals surface area contributed by atoms with Crippen molar-refractivity contribution < 1.29 is 9.32 Å². The average molecular weight is 336 g/mol. The number of nitriles is 1. The molecular weight excluding hydrogens is 324 g/mol. The van der Waals surface area contributed by atoms with Crippen LogP contribution in [0.4, 0.5) is 0 Å². The van der Waals surface area contributed by atoms with E-state index in [0.717, 1.165) is 4.88 Å². The van der Waals surface area contributed by atoms with Crippen LogP contribution in [0.25, 0.3) is 10.7 Å². The number of thiophene rings is 1. The van der Waals surface area contributed by atoms with Gasteiger partial charge in [0.2, 0.25) is 11.7 Å². The number of amides is 1. The highest BCUT2D eigenvalue weighted by atomic mass is 32.1. The highest BCUT2D eigenvalue weighted by Gasteiger charge is 2.36. The summed E-state index contributed by atoms with van der Waals surface area (Å²) in [5.74, 6) is 1.20. The van der Waals surface area contributed by atoms with Crippen molar-refractivity contribution in [2.75, 3.05) is 13.1 Å². The van der Waals surface area contributed by atoms with E-state index in [1.54, 1.807) is 40.5 Å². The summed E-state index contributed by atoms with van der Waals surface area (Å²) >= 11 is 1.56. The highest BCUT2D eigenvalue weighted by molar-refractivity contribution is 7.13. The van der Waals surface area contributed by atoms with E-state index in [9.17, 15) is 4.79 Å². The van der Waals surface area contributed by atoms with Crippen molar-refractivity contribution >= 4 is 17.2 Å². The Morgan fingerprint density at radius 1 is 1.29 bits per heavy atom. The molecule has 0 aliphatic carbocycles. The number of benzene rings is 1. The number of likely N-dealkylation sites (tertiary alicyclic amines) is 1. The summed E-state index contributed by atoms with van der Waals surface area (Å²) in [5.41, 5.74) is 1.12. The number of aromatic nitrogens is 2. The fourth-order valence-corrected chi connectivity index (χ4v) is 3.23. The zero-order valence-electron chi connectivity index (χ0n) is 12.5. The molecule has 7 heteroatoms. The molecule has 0 unspecified atom stereocenters. The van der Waals surface area contributed by atoms with E-state index in [1.165, 1.54) is 0 Å². The van der Waals surface area contributed by atoms with Crippen LogP contribution in [0, 0.1) is 11.3 Å². The fraction of sp³-hybridized carbons (Fsp3) is 0.176. The van der Waals surface area contributed by atoms with Gasteiger partial charge in [0.1, 0.15) is 0 Å². The van der Waals surface area contributed by atoms with E-state index >= 15 is 0 Å². The van der Waals surface area contributed by atoms with Gasteiger partial charge in [-0.2, -0.15) is 10.2 Å². The molecule has 1 saturated heterocycles. The topological polar surface area (TPSA) is 83.0 Å². The van der Waals surface area contributed by atoms with Crippen LogP contribution in [0.3, 0.4) is 0 Å². The van der Waals surface area contributed by atoms with Crippen LogP contribution in [0.5, 0.6) is 0 Å². The van der Waals surface area contributed by atoms with Crippen LogP contribution in [0.15, 0.2) is 46.3 Å². The van der Waals surface area contributed by atoms with Gasteiger partial charge in [0.05, 0.1) is 22.4 Å². The van der Waals surface area contributed by atoms with Crippen molar-refractivity contribution in [3.8, 4) is 16.8 Å². The summed E-state index contributed by atoms with van der Waals surface area (Å²) in [6.07, 6.45) is 0. The molecule has 0 radical (unpaired) electrons. The second kappa shape index (κ2) is 5.91. The minimum atomic E-state index is -0.0475. The number of carbonyl (C=O) groups excluding carboxylic acids is 1. The maximum absolute atomic E-state index is 12.4. The first-order valence-electron chi connectivity index (χ1n) is 7.41. The Morgan fingerprint density at radius 3 is 2.75 bits per heavy atom. The van der Waals surface area contributed by atoms with Crippen LogP contribution >= 0.6 is 11.3 Å². The summed E-state index contributed by atoms with van der Waals surface area (Å²) in [7, 11) is 0. The van der Waals surface area contributed by atoms with Crippen LogP contribution in [-0.4, -0.2) is 34.0 Å². The van der Waals surface area contributed by atoms with Gasteiger partial charge in [-0.15, -0.1) is 11.3 Å². The lowest BCUT2D eigenvalue weighted by molar-refractivity contribution is 0.0569. The Hall–Kier alpha value is -2.98. The SMILES string of the molecule is N#Cc1ccc(C(=O)N2CC(c3nc(-c4cccs4)no3)C2)cc1. The maximum Gasteiger partial charge on any atom is 0.253 e. The molecule has 6 nitrogen and oxygen atoms in total. The normalized spacial score (nSPS) is 14.2. The monoisotopic (exact) mass is 336 g/mol. The minimum absolute atomic E-state index is 0.0475. The number of hydrogen-bond acceptors (Lipinski definition) is 6. The fourth-order valence-electron chi connectivity index (χ4n) is 2.58. The van der Waals surface area contributed by atoms with Crippen LogP contribution < -0.4 is 0 Å². The van der Waals surface area contributed by atoms with E-state index < -0.39 is 0 Å². The molecule has 24 heavy (non-hydrogen) atoms. The Morgan fingerprint density at radius 2 is 2.08 bits per heavy atom. The Labute approximate surface area is 142 Å². The third-order valence-corrected chi connectivity index (χ3v) is 4.83. The van der Waals surface area contributed by atoms with Gasteiger partial charge < -0.3 is 9.42 Å². The molecular formula is C17H12N4O2S. The van der Waals surface area contributed by atoms with E-state index in [1.807, 2.05) is 23.6 Å². The van der Waals surface area contributed by atoms with Crippen molar-refractivity contribution in [3.05, 3.63) is 58.8 Å². The molecule has 0 N–H and O–H groups in total. The lowest BCUT2D eigenvalue weighted by atomic mass is 9.98. The maximum atomic E-state index is 12.4. The lowest BCUT2D eigenvalue weighted by Gasteiger charge is -2.37.